The number of carbonyl (C=O) groups is 2. The van der Waals surface area contributed by atoms with Crippen molar-refractivity contribution in [1.29, 1.82) is 0 Å². The fraction of sp³-hybridized carbons (Fsp3) is 0.207. The predicted molar refractivity (Wildman–Crippen MR) is 141 cm³/mol. The topological polar surface area (TPSA) is 68.3 Å². The molecule has 0 atom stereocenters. The van der Waals surface area contributed by atoms with Crippen LogP contribution in [-0.2, 0) is 4.74 Å². The number of benzene rings is 3. The van der Waals surface area contributed by atoms with Crippen molar-refractivity contribution in [2.24, 2.45) is 0 Å². The average Bonchev–Trinajstić information content (AvgIpc) is 2.79. The lowest BCUT2D eigenvalue weighted by atomic mass is 9.94. The monoisotopic (exact) mass is 486 g/mol. The van der Waals surface area contributed by atoms with Crippen LogP contribution in [0.25, 0.3) is 22.2 Å². The number of pyridine rings is 1. The maximum absolute atomic E-state index is 13.6. The minimum absolute atomic E-state index is 0.202. The van der Waals surface area contributed by atoms with Gasteiger partial charge in [-0.05, 0) is 88.2 Å². The Morgan fingerprint density at radius 2 is 1.60 bits per heavy atom. The van der Waals surface area contributed by atoms with Crippen molar-refractivity contribution in [3.05, 3.63) is 93.5 Å². The molecule has 0 saturated carbocycles. The van der Waals surface area contributed by atoms with Gasteiger partial charge in [0.1, 0.15) is 0 Å². The molecule has 35 heavy (non-hydrogen) atoms. The second-order valence-corrected chi connectivity index (χ2v) is 9.37. The van der Waals surface area contributed by atoms with Crippen LogP contribution in [0.4, 0.5) is 5.69 Å². The molecule has 6 heteroatoms. The van der Waals surface area contributed by atoms with Crippen LogP contribution in [0.15, 0.2) is 60.7 Å². The van der Waals surface area contributed by atoms with Crippen molar-refractivity contribution < 1.29 is 14.3 Å². The van der Waals surface area contributed by atoms with Crippen LogP contribution in [0.5, 0.6) is 0 Å². The maximum atomic E-state index is 13.6. The highest BCUT2D eigenvalue weighted by Crippen LogP contribution is 2.33. The standard InChI is InChI=1S/C29H27ClN2O3/c1-16(2)35-29(34)21-8-12-23(13-9-21)31-28(33)25-19(5)27(20-6-10-22(30)11-7-20)32-26-18(4)14-17(3)15-24(25)26/h6-16H,1-5H3,(H,31,33). The normalized spacial score (nSPS) is 11.1. The van der Waals surface area contributed by atoms with Crippen LogP contribution in [0, 0.1) is 20.8 Å². The zero-order chi connectivity index (χ0) is 25.3. The van der Waals surface area contributed by atoms with Gasteiger partial charge >= 0.3 is 5.97 Å². The Bertz CT molecular complexity index is 1430. The molecule has 178 valence electrons. The Labute approximate surface area is 210 Å². The number of ether oxygens (including phenoxy) is 1. The van der Waals surface area contributed by atoms with Crippen molar-refractivity contribution in [2.75, 3.05) is 5.32 Å². The predicted octanol–water partition coefficient (Wildman–Crippen LogP) is 7.30. The quantitative estimate of drug-likeness (QED) is 0.300. The molecule has 0 saturated heterocycles. The number of fused-ring (bicyclic) bond motifs is 1. The molecule has 0 radical (unpaired) electrons. The second kappa shape index (κ2) is 9.88. The summed E-state index contributed by atoms with van der Waals surface area (Å²) in [5.41, 5.74) is 6.80. The number of anilines is 1. The first kappa shape index (κ1) is 24.4. The molecule has 0 aliphatic carbocycles. The van der Waals surface area contributed by atoms with E-state index in [1.165, 1.54) is 0 Å². The van der Waals surface area contributed by atoms with Gasteiger partial charge in [-0.2, -0.15) is 0 Å². The molecule has 1 heterocycles. The van der Waals surface area contributed by atoms with Crippen LogP contribution >= 0.6 is 11.6 Å². The van der Waals surface area contributed by atoms with Crippen LogP contribution in [0.3, 0.4) is 0 Å². The molecule has 0 aliphatic rings. The van der Waals surface area contributed by atoms with Crippen LogP contribution < -0.4 is 5.32 Å². The molecule has 3 aromatic carbocycles. The summed E-state index contributed by atoms with van der Waals surface area (Å²) in [5.74, 6) is -0.639. The van der Waals surface area contributed by atoms with Gasteiger partial charge in [-0.3, -0.25) is 4.79 Å². The number of carbonyl (C=O) groups excluding carboxylic acids is 2. The second-order valence-electron chi connectivity index (χ2n) is 8.93. The van der Waals surface area contributed by atoms with Gasteiger partial charge in [-0.1, -0.05) is 35.4 Å². The third kappa shape index (κ3) is 5.20. The fourth-order valence-electron chi connectivity index (χ4n) is 4.16. The lowest BCUT2D eigenvalue weighted by Crippen LogP contribution is -2.16. The first-order valence-electron chi connectivity index (χ1n) is 11.4. The van der Waals surface area contributed by atoms with Gasteiger partial charge in [-0.15, -0.1) is 0 Å². The third-order valence-corrected chi connectivity index (χ3v) is 5.99. The zero-order valence-electron chi connectivity index (χ0n) is 20.4. The van der Waals surface area contributed by atoms with Crippen molar-refractivity contribution >= 4 is 40.1 Å². The van der Waals surface area contributed by atoms with E-state index in [0.29, 0.717) is 21.8 Å². The summed E-state index contributed by atoms with van der Waals surface area (Å²) >= 11 is 6.09. The number of amides is 1. The summed E-state index contributed by atoms with van der Waals surface area (Å²) in [6.07, 6.45) is -0.202. The van der Waals surface area contributed by atoms with E-state index in [4.69, 9.17) is 21.3 Å². The van der Waals surface area contributed by atoms with E-state index in [2.05, 4.69) is 11.4 Å². The summed E-state index contributed by atoms with van der Waals surface area (Å²) in [7, 11) is 0. The van der Waals surface area contributed by atoms with Crippen LogP contribution in [-0.4, -0.2) is 23.0 Å². The van der Waals surface area contributed by atoms with E-state index in [9.17, 15) is 9.59 Å². The van der Waals surface area contributed by atoms with E-state index in [1.807, 2.05) is 51.1 Å². The Morgan fingerprint density at radius 3 is 2.23 bits per heavy atom. The van der Waals surface area contributed by atoms with E-state index in [0.717, 1.165) is 38.9 Å². The molecular formula is C29H27ClN2O3. The zero-order valence-corrected chi connectivity index (χ0v) is 21.2. The summed E-state index contributed by atoms with van der Waals surface area (Å²) in [6, 6.07) is 18.2. The molecule has 0 fully saturated rings. The van der Waals surface area contributed by atoms with E-state index >= 15 is 0 Å². The van der Waals surface area contributed by atoms with Crippen molar-refractivity contribution in [1.82, 2.24) is 4.98 Å². The third-order valence-electron chi connectivity index (χ3n) is 5.73. The number of rotatable bonds is 5. The molecule has 4 aromatic rings. The molecule has 0 aliphatic heterocycles. The highest BCUT2D eigenvalue weighted by Gasteiger charge is 2.21. The van der Waals surface area contributed by atoms with Gasteiger partial charge in [-0.25, -0.2) is 9.78 Å². The van der Waals surface area contributed by atoms with E-state index in [-0.39, 0.29) is 12.0 Å². The van der Waals surface area contributed by atoms with Gasteiger partial charge in [0.2, 0.25) is 0 Å². The lowest BCUT2D eigenvalue weighted by molar-refractivity contribution is 0.0378. The number of aromatic nitrogens is 1. The molecule has 4 rings (SSSR count). The number of nitrogens with one attached hydrogen (secondary N) is 1. The Balaban J connectivity index is 1.77. The lowest BCUT2D eigenvalue weighted by Gasteiger charge is -2.17. The number of aryl methyl sites for hydroxylation is 2. The number of halogens is 1. The molecule has 5 nitrogen and oxygen atoms in total. The number of hydrogen-bond donors (Lipinski definition) is 1. The molecule has 1 amide bonds. The largest absolute Gasteiger partial charge is 0.459 e. The average molecular weight is 487 g/mol. The van der Waals surface area contributed by atoms with Gasteiger partial charge < -0.3 is 10.1 Å². The van der Waals surface area contributed by atoms with Gasteiger partial charge in [0, 0.05) is 21.7 Å². The first-order valence-corrected chi connectivity index (χ1v) is 11.8. The molecule has 0 bridgehead atoms. The van der Waals surface area contributed by atoms with Gasteiger partial charge in [0.15, 0.2) is 0 Å². The highest BCUT2D eigenvalue weighted by molar-refractivity contribution is 6.30. The van der Waals surface area contributed by atoms with Crippen LogP contribution in [0.2, 0.25) is 5.02 Å². The Morgan fingerprint density at radius 1 is 0.943 bits per heavy atom. The van der Waals surface area contributed by atoms with E-state index in [1.54, 1.807) is 38.1 Å². The summed E-state index contributed by atoms with van der Waals surface area (Å²) in [5, 5.41) is 4.42. The Hall–Kier alpha value is -3.70. The fourth-order valence-corrected chi connectivity index (χ4v) is 4.29. The summed E-state index contributed by atoms with van der Waals surface area (Å²) in [6.45, 7) is 9.52. The molecule has 1 N–H and O–H groups in total. The summed E-state index contributed by atoms with van der Waals surface area (Å²) < 4.78 is 5.23. The molecular weight excluding hydrogens is 460 g/mol. The van der Waals surface area contributed by atoms with Crippen LogP contribution in [0.1, 0.15) is 51.3 Å². The minimum atomic E-state index is -0.396. The molecule has 1 aromatic heterocycles. The van der Waals surface area contributed by atoms with Crippen molar-refractivity contribution in [2.45, 2.75) is 40.7 Å². The number of esters is 1. The minimum Gasteiger partial charge on any atom is -0.459 e. The smallest absolute Gasteiger partial charge is 0.338 e. The molecule has 0 unspecified atom stereocenters. The van der Waals surface area contributed by atoms with Gasteiger partial charge in [0.25, 0.3) is 5.91 Å². The summed E-state index contributed by atoms with van der Waals surface area (Å²) in [4.78, 5) is 30.7. The number of hydrogen-bond acceptors (Lipinski definition) is 4. The van der Waals surface area contributed by atoms with Crippen molar-refractivity contribution in [3.8, 4) is 11.3 Å². The van der Waals surface area contributed by atoms with Crippen molar-refractivity contribution in [3.63, 3.8) is 0 Å². The highest BCUT2D eigenvalue weighted by atomic mass is 35.5. The first-order chi connectivity index (χ1) is 16.6. The maximum Gasteiger partial charge on any atom is 0.338 e. The van der Waals surface area contributed by atoms with Gasteiger partial charge in [0.05, 0.1) is 28.4 Å². The Kier molecular flexibility index (Phi) is 6.90. The molecule has 0 spiro atoms. The van der Waals surface area contributed by atoms with E-state index < -0.39 is 5.97 Å². The number of nitrogens with zero attached hydrogens (tertiary/aromatic N) is 1. The SMILES string of the molecule is Cc1cc(C)c2nc(-c3ccc(Cl)cc3)c(C)c(C(=O)Nc3ccc(C(=O)OC(C)C)cc3)c2c1.